The van der Waals surface area contributed by atoms with Gasteiger partial charge in [0.25, 0.3) is 0 Å². The molecule has 8 heteroatoms. The molecule has 4 rings (SSSR count). The molecule has 3 heterocycles. The number of anilines is 1. The van der Waals surface area contributed by atoms with Crippen LogP contribution in [0.4, 0.5) is 5.82 Å². The van der Waals surface area contributed by atoms with Crippen LogP contribution in [0.25, 0.3) is 0 Å². The molecule has 0 bridgehead atoms. The van der Waals surface area contributed by atoms with Crippen molar-refractivity contribution in [1.82, 2.24) is 14.2 Å². The number of likely N-dealkylation sites (tertiary alicyclic amines) is 1. The predicted octanol–water partition coefficient (Wildman–Crippen LogP) is 2.55. The van der Waals surface area contributed by atoms with Crippen LogP contribution in [0.1, 0.15) is 30.9 Å². The van der Waals surface area contributed by atoms with E-state index < -0.39 is 10.0 Å². The summed E-state index contributed by atoms with van der Waals surface area (Å²) in [5.74, 6) is 2.21. The van der Waals surface area contributed by atoms with Crippen molar-refractivity contribution in [3.05, 3.63) is 53.7 Å². The van der Waals surface area contributed by atoms with Gasteiger partial charge >= 0.3 is 0 Å². The third-order valence-electron chi connectivity index (χ3n) is 6.03. The van der Waals surface area contributed by atoms with Crippen molar-refractivity contribution in [3.8, 4) is 5.75 Å². The Balaban J connectivity index is 1.22. The first-order valence-corrected chi connectivity index (χ1v) is 12.8. The van der Waals surface area contributed by atoms with E-state index in [0.29, 0.717) is 32.1 Å². The summed E-state index contributed by atoms with van der Waals surface area (Å²) in [5, 5.41) is 0. The minimum absolute atomic E-state index is 0.195. The van der Waals surface area contributed by atoms with Crippen LogP contribution in [0.15, 0.2) is 42.6 Å². The summed E-state index contributed by atoms with van der Waals surface area (Å²) >= 11 is 0. The summed E-state index contributed by atoms with van der Waals surface area (Å²) < 4.78 is 30.9. The average molecular weight is 445 g/mol. The third kappa shape index (κ3) is 5.56. The molecule has 0 spiro atoms. The molecule has 0 amide bonds. The molecule has 7 nitrogen and oxygen atoms in total. The van der Waals surface area contributed by atoms with Gasteiger partial charge < -0.3 is 9.64 Å². The summed E-state index contributed by atoms with van der Waals surface area (Å²) in [6.07, 6.45) is 3.23. The van der Waals surface area contributed by atoms with E-state index in [9.17, 15) is 8.42 Å². The lowest BCUT2D eigenvalue weighted by atomic mass is 10.0. The standard InChI is InChI=1S/C23H32N4O3S/c1-18(2)20-6-4-19(5-7-20)15-25-16-22(17-25)30-21-8-9-23(24-14-21)26-10-12-27(13-11-26)31(3,28)29/h4-9,14,18,22H,10-13,15-17H2,1-3H3. The van der Waals surface area contributed by atoms with Gasteiger partial charge in [-0.2, -0.15) is 4.31 Å². The van der Waals surface area contributed by atoms with E-state index in [2.05, 4.69) is 52.9 Å². The van der Waals surface area contributed by atoms with Crippen LogP contribution in [0.3, 0.4) is 0 Å². The molecule has 2 aliphatic rings. The van der Waals surface area contributed by atoms with Gasteiger partial charge in [-0.25, -0.2) is 13.4 Å². The van der Waals surface area contributed by atoms with Crippen molar-refractivity contribution in [1.29, 1.82) is 0 Å². The van der Waals surface area contributed by atoms with E-state index in [1.165, 1.54) is 21.7 Å². The topological polar surface area (TPSA) is 66.0 Å². The molecule has 0 radical (unpaired) electrons. The van der Waals surface area contributed by atoms with Crippen molar-refractivity contribution in [2.24, 2.45) is 0 Å². The lowest BCUT2D eigenvalue weighted by Gasteiger charge is -2.39. The van der Waals surface area contributed by atoms with E-state index in [-0.39, 0.29) is 6.10 Å². The Labute approximate surface area is 185 Å². The second kappa shape index (κ2) is 9.14. The second-order valence-electron chi connectivity index (χ2n) is 8.83. The average Bonchev–Trinajstić information content (AvgIpc) is 2.72. The van der Waals surface area contributed by atoms with Crippen LogP contribution in [-0.2, 0) is 16.6 Å². The number of rotatable bonds is 7. The van der Waals surface area contributed by atoms with E-state index in [1.807, 2.05) is 12.1 Å². The first-order chi connectivity index (χ1) is 14.8. The Morgan fingerprint density at radius 2 is 1.71 bits per heavy atom. The Morgan fingerprint density at radius 3 is 2.26 bits per heavy atom. The molecule has 0 N–H and O–H groups in total. The number of hydrogen-bond donors (Lipinski definition) is 0. The molecule has 0 aliphatic carbocycles. The van der Waals surface area contributed by atoms with Crippen LogP contribution in [-0.4, -0.2) is 74.2 Å². The highest BCUT2D eigenvalue weighted by atomic mass is 32.2. The fourth-order valence-corrected chi connectivity index (χ4v) is 4.89. The molecule has 2 saturated heterocycles. The van der Waals surface area contributed by atoms with Crippen molar-refractivity contribution in [2.45, 2.75) is 32.4 Å². The summed E-state index contributed by atoms with van der Waals surface area (Å²) in [6, 6.07) is 12.8. The monoisotopic (exact) mass is 444 g/mol. The normalized spacial score (nSPS) is 18.9. The maximum absolute atomic E-state index is 11.6. The molecule has 2 aliphatic heterocycles. The smallest absolute Gasteiger partial charge is 0.211 e. The van der Waals surface area contributed by atoms with E-state index in [4.69, 9.17) is 4.74 Å². The number of aromatic nitrogens is 1. The lowest BCUT2D eigenvalue weighted by Crippen LogP contribution is -2.53. The maximum atomic E-state index is 11.6. The highest BCUT2D eigenvalue weighted by Gasteiger charge is 2.29. The van der Waals surface area contributed by atoms with E-state index in [1.54, 1.807) is 6.20 Å². The minimum Gasteiger partial charge on any atom is -0.486 e. The largest absolute Gasteiger partial charge is 0.486 e. The van der Waals surface area contributed by atoms with Crippen molar-refractivity contribution >= 4 is 15.8 Å². The van der Waals surface area contributed by atoms with Gasteiger partial charge in [-0.1, -0.05) is 38.1 Å². The first-order valence-electron chi connectivity index (χ1n) is 10.9. The molecule has 1 aromatic carbocycles. The zero-order valence-corrected chi connectivity index (χ0v) is 19.4. The number of nitrogens with zero attached hydrogens (tertiary/aromatic N) is 4. The van der Waals surface area contributed by atoms with E-state index in [0.717, 1.165) is 31.2 Å². The number of piperazine rings is 1. The highest BCUT2D eigenvalue weighted by Crippen LogP contribution is 2.23. The Morgan fingerprint density at radius 1 is 1.03 bits per heavy atom. The number of sulfonamides is 1. The molecule has 0 unspecified atom stereocenters. The maximum Gasteiger partial charge on any atom is 0.211 e. The zero-order chi connectivity index (χ0) is 22.0. The third-order valence-corrected chi connectivity index (χ3v) is 7.33. The van der Waals surface area contributed by atoms with Crippen molar-refractivity contribution < 1.29 is 13.2 Å². The van der Waals surface area contributed by atoms with Crippen LogP contribution in [0.5, 0.6) is 5.75 Å². The number of hydrogen-bond acceptors (Lipinski definition) is 6. The molecule has 2 fully saturated rings. The van der Waals surface area contributed by atoms with Gasteiger partial charge in [0.2, 0.25) is 10.0 Å². The Hall–Kier alpha value is -2.16. The molecular formula is C23H32N4O3S. The predicted molar refractivity (Wildman–Crippen MR) is 123 cm³/mol. The lowest BCUT2D eigenvalue weighted by molar-refractivity contribution is 0.0144. The highest BCUT2D eigenvalue weighted by molar-refractivity contribution is 7.88. The van der Waals surface area contributed by atoms with E-state index >= 15 is 0 Å². The van der Waals surface area contributed by atoms with Crippen molar-refractivity contribution in [2.75, 3.05) is 50.4 Å². The first kappa shape index (κ1) is 22.0. The van der Waals surface area contributed by atoms with Gasteiger partial charge in [-0.3, -0.25) is 4.90 Å². The summed E-state index contributed by atoms with van der Waals surface area (Å²) in [6.45, 7) is 9.51. The Bertz CT molecular complexity index is 963. The zero-order valence-electron chi connectivity index (χ0n) is 18.6. The van der Waals surface area contributed by atoms with Gasteiger partial charge in [-0.15, -0.1) is 0 Å². The van der Waals surface area contributed by atoms with Crippen LogP contribution < -0.4 is 9.64 Å². The van der Waals surface area contributed by atoms with Crippen LogP contribution in [0.2, 0.25) is 0 Å². The summed E-state index contributed by atoms with van der Waals surface area (Å²) in [5.41, 5.74) is 2.71. The summed E-state index contributed by atoms with van der Waals surface area (Å²) in [4.78, 5) is 9.03. The molecule has 1 aromatic heterocycles. The fourth-order valence-electron chi connectivity index (χ4n) is 4.06. The SMILES string of the molecule is CC(C)c1ccc(CN2CC(Oc3ccc(N4CCN(S(C)(=O)=O)CC4)nc3)C2)cc1. The molecule has 2 aromatic rings. The van der Waals surface area contributed by atoms with Crippen LogP contribution in [0, 0.1) is 0 Å². The van der Waals surface area contributed by atoms with Gasteiger partial charge in [0, 0.05) is 45.8 Å². The van der Waals surface area contributed by atoms with Gasteiger partial charge in [-0.05, 0) is 29.2 Å². The van der Waals surface area contributed by atoms with Crippen LogP contribution >= 0.6 is 0 Å². The van der Waals surface area contributed by atoms with Gasteiger partial charge in [0.15, 0.2) is 0 Å². The van der Waals surface area contributed by atoms with Gasteiger partial charge in [0.05, 0.1) is 12.5 Å². The molecule has 168 valence electrons. The molecule has 31 heavy (non-hydrogen) atoms. The second-order valence-corrected chi connectivity index (χ2v) is 10.8. The number of pyridine rings is 1. The molecule has 0 saturated carbocycles. The summed E-state index contributed by atoms with van der Waals surface area (Å²) in [7, 11) is -3.12. The Kier molecular flexibility index (Phi) is 6.50. The van der Waals surface area contributed by atoms with Crippen molar-refractivity contribution in [3.63, 3.8) is 0 Å². The molecule has 0 atom stereocenters. The fraction of sp³-hybridized carbons (Fsp3) is 0.522. The quantitative estimate of drug-likeness (QED) is 0.654. The number of benzene rings is 1. The molecular weight excluding hydrogens is 412 g/mol. The van der Waals surface area contributed by atoms with Gasteiger partial charge in [0.1, 0.15) is 17.7 Å². The minimum atomic E-state index is -3.12. The number of ether oxygens (including phenoxy) is 1.